The van der Waals surface area contributed by atoms with Crippen molar-refractivity contribution in [2.75, 3.05) is 19.6 Å². The molecule has 4 N–H and O–H groups in total. The molecule has 1 saturated heterocycles. The maximum absolute atomic E-state index is 12.7. The Morgan fingerprint density at radius 3 is 2.68 bits per heavy atom. The second-order valence-corrected chi connectivity index (χ2v) is 8.34. The van der Waals surface area contributed by atoms with Gasteiger partial charge in [0, 0.05) is 37.9 Å². The van der Waals surface area contributed by atoms with Crippen molar-refractivity contribution in [3.8, 4) is 0 Å². The Hall–Kier alpha value is -3.46. The van der Waals surface area contributed by atoms with Gasteiger partial charge >= 0.3 is 0 Å². The molecule has 34 heavy (non-hydrogen) atoms. The molecule has 0 saturated carbocycles. The number of rotatable bonds is 8. The van der Waals surface area contributed by atoms with Crippen LogP contribution in [0.15, 0.2) is 42.6 Å². The summed E-state index contributed by atoms with van der Waals surface area (Å²) in [4.78, 5) is 42.4. The molecule has 0 bridgehead atoms. The lowest BCUT2D eigenvalue weighted by Crippen LogP contribution is -2.30. The number of halogens is 2. The van der Waals surface area contributed by atoms with E-state index in [4.69, 9.17) is 17.3 Å². The summed E-state index contributed by atoms with van der Waals surface area (Å²) in [6.07, 6.45) is 4.95. The molecule has 1 aromatic carbocycles. The minimum Gasteiger partial charge on any atom is -0.364 e. The number of pyridine rings is 1. The molecule has 0 atom stereocenters. The van der Waals surface area contributed by atoms with Crippen LogP contribution < -0.4 is 11.1 Å². The highest BCUT2D eigenvalue weighted by atomic mass is 35.5. The van der Waals surface area contributed by atoms with Gasteiger partial charge in [0.05, 0.1) is 11.7 Å². The Morgan fingerprint density at radius 2 is 2.00 bits per heavy atom. The molecule has 8 nitrogen and oxygen atoms in total. The number of aromatic amines is 1. The fraction of sp³-hybridized carbons (Fsp3) is 0.333. The minimum absolute atomic E-state index is 0.00734. The maximum Gasteiger partial charge on any atom is 0.265 e. The van der Waals surface area contributed by atoms with E-state index in [1.54, 1.807) is 30.5 Å². The number of nitrogens with two attached hydrogens (primary N) is 1. The normalized spacial score (nSPS) is 13.0. The molecule has 2 aromatic heterocycles. The van der Waals surface area contributed by atoms with Crippen LogP contribution in [0.2, 0.25) is 5.15 Å². The minimum atomic E-state index is -0.493. The number of carbonyl (C=O) groups is 3. The summed E-state index contributed by atoms with van der Waals surface area (Å²) in [6, 6.07) is 9.51. The van der Waals surface area contributed by atoms with E-state index < -0.39 is 5.91 Å². The van der Waals surface area contributed by atoms with Gasteiger partial charge in [0.1, 0.15) is 16.7 Å². The molecule has 3 aromatic rings. The molecule has 1 fully saturated rings. The fourth-order valence-electron chi connectivity index (χ4n) is 3.57. The van der Waals surface area contributed by atoms with Crippen LogP contribution in [-0.4, -0.2) is 52.2 Å². The highest BCUT2D eigenvalue weighted by Gasteiger charge is 2.19. The van der Waals surface area contributed by atoms with Crippen LogP contribution in [-0.2, 0) is 16.0 Å². The summed E-state index contributed by atoms with van der Waals surface area (Å²) in [5, 5.41) is 4.07. The van der Waals surface area contributed by atoms with Crippen LogP contribution in [0, 0.1) is 5.82 Å². The molecule has 10 heteroatoms. The van der Waals surface area contributed by atoms with E-state index in [1.807, 2.05) is 4.90 Å². The smallest absolute Gasteiger partial charge is 0.265 e. The van der Waals surface area contributed by atoms with Crippen molar-refractivity contribution >= 4 is 40.2 Å². The van der Waals surface area contributed by atoms with Gasteiger partial charge in [-0.15, -0.1) is 0 Å². The third kappa shape index (κ3) is 7.55. The molecule has 0 unspecified atom stereocenters. The van der Waals surface area contributed by atoms with Crippen molar-refractivity contribution in [1.82, 2.24) is 20.2 Å². The molecule has 1 aliphatic rings. The predicted molar refractivity (Wildman–Crippen MR) is 128 cm³/mol. The van der Waals surface area contributed by atoms with E-state index in [0.717, 1.165) is 42.4 Å². The lowest BCUT2D eigenvalue weighted by atomic mass is 10.1. The first-order chi connectivity index (χ1) is 16.3. The van der Waals surface area contributed by atoms with Crippen LogP contribution in [0.25, 0.3) is 10.9 Å². The van der Waals surface area contributed by atoms with Crippen molar-refractivity contribution in [3.63, 3.8) is 0 Å². The van der Waals surface area contributed by atoms with Crippen LogP contribution >= 0.6 is 11.6 Å². The zero-order valence-corrected chi connectivity index (χ0v) is 19.4. The highest BCUT2D eigenvalue weighted by Crippen LogP contribution is 2.17. The summed E-state index contributed by atoms with van der Waals surface area (Å²) in [5.74, 6) is -0.545. The number of fused-ring (bicyclic) bond motifs is 1. The van der Waals surface area contributed by atoms with Gasteiger partial charge in [0.15, 0.2) is 0 Å². The number of hydrogen-bond donors (Lipinski definition) is 3. The van der Waals surface area contributed by atoms with E-state index in [0.29, 0.717) is 36.7 Å². The number of aromatic nitrogens is 2. The van der Waals surface area contributed by atoms with Crippen molar-refractivity contribution in [1.29, 1.82) is 0 Å². The second kappa shape index (κ2) is 12.1. The first-order valence-electron chi connectivity index (χ1n) is 11.0. The Balaban J connectivity index is 0.000000212. The van der Waals surface area contributed by atoms with Gasteiger partial charge in [-0.1, -0.05) is 23.7 Å². The topological polar surface area (TPSA) is 121 Å². The molecule has 3 heterocycles. The quantitative estimate of drug-likeness (QED) is 0.333. The van der Waals surface area contributed by atoms with Crippen LogP contribution in [0.3, 0.4) is 0 Å². The summed E-state index contributed by atoms with van der Waals surface area (Å²) in [6.45, 7) is 2.15. The van der Waals surface area contributed by atoms with Crippen molar-refractivity contribution in [2.24, 2.45) is 5.73 Å². The third-order valence-corrected chi connectivity index (χ3v) is 5.60. The number of hydrogen-bond acceptors (Lipinski definition) is 4. The number of nitrogens with zero attached hydrogens (tertiary/aromatic N) is 2. The molecule has 0 spiro atoms. The number of H-pyrrole nitrogens is 1. The lowest BCUT2D eigenvalue weighted by Gasteiger charge is -2.15. The lowest BCUT2D eigenvalue weighted by molar-refractivity contribution is -0.127. The average Bonchev–Trinajstić information content (AvgIpc) is 3.42. The Bertz CT molecular complexity index is 1150. The number of amides is 3. The zero-order valence-electron chi connectivity index (χ0n) is 18.7. The van der Waals surface area contributed by atoms with Gasteiger partial charge in [-0.3, -0.25) is 14.4 Å². The number of likely N-dealkylation sites (tertiary alicyclic amines) is 1. The molecule has 0 aliphatic carbocycles. The largest absolute Gasteiger partial charge is 0.364 e. The van der Waals surface area contributed by atoms with Crippen molar-refractivity contribution in [2.45, 2.75) is 32.1 Å². The van der Waals surface area contributed by atoms with Gasteiger partial charge in [-0.05, 0) is 49.1 Å². The highest BCUT2D eigenvalue weighted by molar-refractivity contribution is 6.30. The second-order valence-electron chi connectivity index (χ2n) is 7.96. The van der Waals surface area contributed by atoms with Gasteiger partial charge in [0.25, 0.3) is 5.91 Å². The fourth-order valence-corrected chi connectivity index (χ4v) is 3.74. The Kier molecular flexibility index (Phi) is 8.98. The maximum atomic E-state index is 12.7. The number of aryl methyl sites for hydroxylation is 1. The van der Waals surface area contributed by atoms with E-state index in [2.05, 4.69) is 15.3 Å². The predicted octanol–water partition coefficient (Wildman–Crippen LogP) is 3.20. The molecule has 180 valence electrons. The first-order valence-corrected chi connectivity index (χ1v) is 11.4. The molecule has 1 aliphatic heterocycles. The van der Waals surface area contributed by atoms with E-state index in [9.17, 15) is 18.8 Å². The zero-order chi connectivity index (χ0) is 24.5. The number of primary amides is 1. The van der Waals surface area contributed by atoms with Crippen molar-refractivity contribution in [3.05, 3.63) is 64.8 Å². The number of carbonyl (C=O) groups excluding carboxylic acids is 3. The molecular weight excluding hydrogens is 461 g/mol. The summed E-state index contributed by atoms with van der Waals surface area (Å²) < 4.78 is 12.7. The van der Waals surface area contributed by atoms with Crippen LogP contribution in [0.5, 0.6) is 0 Å². The SMILES string of the molecule is NC(=O)c1cc2cc(Cl)ncc2[nH]1.O=C(CCc1ccc(F)cc1)NCCCN1CCCC1=O. The molecule has 0 radical (unpaired) electrons. The van der Waals surface area contributed by atoms with Gasteiger partial charge in [0.2, 0.25) is 11.8 Å². The van der Waals surface area contributed by atoms with E-state index in [1.165, 1.54) is 12.1 Å². The Labute approximate surface area is 201 Å². The third-order valence-electron chi connectivity index (χ3n) is 5.39. The Morgan fingerprint density at radius 1 is 1.24 bits per heavy atom. The van der Waals surface area contributed by atoms with E-state index in [-0.39, 0.29) is 17.6 Å². The summed E-state index contributed by atoms with van der Waals surface area (Å²) in [7, 11) is 0. The van der Waals surface area contributed by atoms with Gasteiger partial charge in [-0.2, -0.15) is 0 Å². The molecule has 4 rings (SSSR count). The van der Waals surface area contributed by atoms with E-state index >= 15 is 0 Å². The summed E-state index contributed by atoms with van der Waals surface area (Å²) in [5.41, 5.74) is 7.15. The van der Waals surface area contributed by atoms with Gasteiger partial charge in [-0.25, -0.2) is 9.37 Å². The first kappa shape index (κ1) is 25.2. The molecule has 3 amide bonds. The van der Waals surface area contributed by atoms with Crippen LogP contribution in [0.1, 0.15) is 41.7 Å². The molecular formula is C24H27ClFN5O3. The standard InChI is InChI=1S/C16H21FN2O2.C8H6ClN3O/c17-14-7-4-13(5-8-14)6-9-15(20)18-10-2-12-19-11-1-3-16(19)21;9-7-2-4-1-5(8(10)13)12-6(4)3-11-7/h4-5,7-8H,1-3,6,9-12H2,(H,18,20);1-3,12H,(H2,10,13). The van der Waals surface area contributed by atoms with Crippen molar-refractivity contribution < 1.29 is 18.8 Å². The van der Waals surface area contributed by atoms with Gasteiger partial charge < -0.3 is 20.9 Å². The average molecular weight is 488 g/mol. The van der Waals surface area contributed by atoms with Crippen LogP contribution in [0.4, 0.5) is 4.39 Å². The number of nitrogens with one attached hydrogen (secondary N) is 2. The number of benzene rings is 1. The monoisotopic (exact) mass is 487 g/mol. The summed E-state index contributed by atoms with van der Waals surface area (Å²) >= 11 is 5.67.